The van der Waals surface area contributed by atoms with Crippen molar-refractivity contribution in [3.63, 3.8) is 0 Å². The van der Waals surface area contributed by atoms with E-state index in [9.17, 15) is 21.6 Å². The number of hydrogen-bond acceptors (Lipinski definition) is 6. The molecule has 0 aliphatic carbocycles. The lowest BCUT2D eigenvalue weighted by atomic mass is 10.3. The summed E-state index contributed by atoms with van der Waals surface area (Å²) in [6.45, 7) is 0. The summed E-state index contributed by atoms with van der Waals surface area (Å²) in [5, 5.41) is 2.64. The number of sulfone groups is 1. The van der Waals surface area contributed by atoms with Gasteiger partial charge in [0.15, 0.2) is 9.84 Å². The van der Waals surface area contributed by atoms with Crippen molar-refractivity contribution in [2.24, 2.45) is 0 Å². The Bertz CT molecular complexity index is 801. The van der Waals surface area contributed by atoms with Gasteiger partial charge in [0.25, 0.3) is 0 Å². The first kappa shape index (κ1) is 19.2. The summed E-state index contributed by atoms with van der Waals surface area (Å²) < 4.78 is 47.8. The zero-order chi connectivity index (χ0) is 18.0. The summed E-state index contributed by atoms with van der Waals surface area (Å²) in [5.74, 6) is 0.237. The zero-order valence-electron chi connectivity index (χ0n) is 13.4. The van der Waals surface area contributed by atoms with E-state index in [2.05, 4.69) is 5.32 Å². The van der Waals surface area contributed by atoms with E-state index in [1.54, 1.807) is 0 Å². The van der Waals surface area contributed by atoms with Gasteiger partial charge in [-0.25, -0.2) is 21.1 Å². The van der Waals surface area contributed by atoms with Crippen LogP contribution in [0, 0.1) is 0 Å². The van der Waals surface area contributed by atoms with Gasteiger partial charge in [-0.05, 0) is 30.7 Å². The van der Waals surface area contributed by atoms with E-state index in [4.69, 9.17) is 0 Å². The van der Waals surface area contributed by atoms with Gasteiger partial charge in [-0.15, -0.1) is 11.8 Å². The van der Waals surface area contributed by atoms with Crippen LogP contribution in [0.25, 0.3) is 0 Å². The summed E-state index contributed by atoms with van der Waals surface area (Å²) in [7, 11) is -3.54. The maximum absolute atomic E-state index is 12.0. The summed E-state index contributed by atoms with van der Waals surface area (Å²) in [6.07, 6.45) is 0.581. The minimum absolute atomic E-state index is 0.0339. The summed E-state index contributed by atoms with van der Waals surface area (Å²) in [6, 6.07) is 5.92. The molecular weight excluding hydrogens is 372 g/mol. The molecule has 1 N–H and O–H groups in total. The highest BCUT2D eigenvalue weighted by molar-refractivity contribution is 8.02. The van der Waals surface area contributed by atoms with Crippen LogP contribution < -0.4 is 5.32 Å². The Balaban J connectivity index is 1.88. The number of thioether (sulfide) groups is 1. The molecule has 1 amide bonds. The molecule has 1 fully saturated rings. The molecule has 0 bridgehead atoms. The van der Waals surface area contributed by atoms with E-state index in [1.807, 2.05) is 0 Å². The molecule has 24 heavy (non-hydrogen) atoms. The normalized spacial score (nSPS) is 20.2. The van der Waals surface area contributed by atoms with Gasteiger partial charge < -0.3 is 5.32 Å². The van der Waals surface area contributed by atoms with Gasteiger partial charge in [-0.2, -0.15) is 0 Å². The summed E-state index contributed by atoms with van der Waals surface area (Å²) in [5.41, 5.74) is 0.498. The Morgan fingerprint density at radius 2 is 1.92 bits per heavy atom. The highest BCUT2D eigenvalue weighted by atomic mass is 32.2. The molecule has 1 atom stereocenters. The van der Waals surface area contributed by atoms with Crippen molar-refractivity contribution >= 4 is 43.2 Å². The third kappa shape index (κ3) is 4.95. The number of carbonyl (C=O) groups excluding carboxylic acids is 1. The fraction of sp³-hybridized carbons (Fsp3) is 0.500. The second-order valence-electron chi connectivity index (χ2n) is 5.70. The molecule has 1 heterocycles. The number of rotatable bonds is 6. The highest BCUT2D eigenvalue weighted by Gasteiger charge is 2.28. The number of carbonyl (C=O) groups is 1. The van der Waals surface area contributed by atoms with Crippen LogP contribution in [0.1, 0.15) is 6.42 Å². The van der Waals surface area contributed by atoms with Crippen LogP contribution in [-0.4, -0.2) is 63.7 Å². The number of anilines is 1. The SMILES string of the molecule is CN(C)S(=O)(=O)c1ccc(NC(=O)CS[C@@H]2CCS(=O)(=O)C2)cc1. The van der Waals surface area contributed by atoms with Gasteiger partial charge in [-0.1, -0.05) is 0 Å². The van der Waals surface area contributed by atoms with Crippen LogP contribution >= 0.6 is 11.8 Å². The molecule has 0 radical (unpaired) electrons. The van der Waals surface area contributed by atoms with Crippen molar-refractivity contribution in [1.29, 1.82) is 0 Å². The molecule has 2 rings (SSSR count). The van der Waals surface area contributed by atoms with E-state index in [0.717, 1.165) is 4.31 Å². The largest absolute Gasteiger partial charge is 0.325 e. The van der Waals surface area contributed by atoms with Gasteiger partial charge in [0.2, 0.25) is 15.9 Å². The van der Waals surface area contributed by atoms with E-state index in [-0.39, 0.29) is 33.3 Å². The number of nitrogens with zero attached hydrogens (tertiary/aromatic N) is 1. The van der Waals surface area contributed by atoms with Crippen LogP contribution in [0.2, 0.25) is 0 Å². The lowest BCUT2D eigenvalue weighted by Crippen LogP contribution is -2.22. The Morgan fingerprint density at radius 1 is 1.29 bits per heavy atom. The maximum Gasteiger partial charge on any atom is 0.242 e. The first-order chi connectivity index (χ1) is 11.1. The van der Waals surface area contributed by atoms with Gasteiger partial charge in [0.1, 0.15) is 0 Å². The molecule has 7 nitrogen and oxygen atoms in total. The van der Waals surface area contributed by atoms with Gasteiger partial charge >= 0.3 is 0 Å². The monoisotopic (exact) mass is 392 g/mol. The van der Waals surface area contributed by atoms with Crippen molar-refractivity contribution in [3.8, 4) is 0 Å². The van der Waals surface area contributed by atoms with E-state index < -0.39 is 19.9 Å². The number of sulfonamides is 1. The van der Waals surface area contributed by atoms with Gasteiger partial charge in [-0.3, -0.25) is 4.79 Å². The Labute approximate surface area is 146 Å². The highest BCUT2D eigenvalue weighted by Crippen LogP contribution is 2.24. The van der Waals surface area contributed by atoms with E-state index in [0.29, 0.717) is 12.1 Å². The van der Waals surface area contributed by atoms with Crippen molar-refractivity contribution in [1.82, 2.24) is 4.31 Å². The number of benzene rings is 1. The second-order valence-corrected chi connectivity index (χ2v) is 11.4. The Hall–Kier alpha value is -1.10. The molecule has 1 aromatic rings. The van der Waals surface area contributed by atoms with Crippen molar-refractivity contribution in [3.05, 3.63) is 24.3 Å². The van der Waals surface area contributed by atoms with Crippen molar-refractivity contribution in [2.75, 3.05) is 36.7 Å². The van der Waals surface area contributed by atoms with E-state index >= 15 is 0 Å². The van der Waals surface area contributed by atoms with Gasteiger partial charge in [0, 0.05) is 25.0 Å². The third-order valence-electron chi connectivity index (χ3n) is 3.56. The smallest absolute Gasteiger partial charge is 0.242 e. The number of amides is 1. The van der Waals surface area contributed by atoms with E-state index in [1.165, 1.54) is 50.1 Å². The lowest BCUT2D eigenvalue weighted by molar-refractivity contribution is -0.113. The molecular formula is C14H20N2O5S3. The quantitative estimate of drug-likeness (QED) is 0.768. The molecule has 10 heteroatoms. The minimum atomic E-state index is -3.49. The second kappa shape index (κ2) is 7.42. The fourth-order valence-corrected chi connectivity index (χ4v) is 6.55. The van der Waals surface area contributed by atoms with Crippen LogP contribution in [0.4, 0.5) is 5.69 Å². The van der Waals surface area contributed by atoms with Crippen LogP contribution in [0.5, 0.6) is 0 Å². The molecule has 1 aliphatic rings. The first-order valence-electron chi connectivity index (χ1n) is 7.25. The topological polar surface area (TPSA) is 101 Å². The average Bonchev–Trinajstić information content (AvgIpc) is 2.85. The number of nitrogens with one attached hydrogen (secondary N) is 1. The van der Waals surface area contributed by atoms with Gasteiger partial charge in [0.05, 0.1) is 22.2 Å². The molecule has 134 valence electrons. The molecule has 1 aliphatic heterocycles. The first-order valence-corrected chi connectivity index (χ1v) is 11.6. The summed E-state index contributed by atoms with van der Waals surface area (Å²) in [4.78, 5) is 12.1. The Morgan fingerprint density at radius 3 is 2.42 bits per heavy atom. The molecule has 0 unspecified atom stereocenters. The fourth-order valence-electron chi connectivity index (χ4n) is 2.20. The molecule has 0 spiro atoms. The molecule has 0 aromatic heterocycles. The predicted octanol–water partition coefficient (Wildman–Crippen LogP) is 0.796. The molecule has 1 saturated heterocycles. The number of hydrogen-bond donors (Lipinski definition) is 1. The lowest BCUT2D eigenvalue weighted by Gasteiger charge is -2.12. The summed E-state index contributed by atoms with van der Waals surface area (Å²) >= 11 is 1.33. The third-order valence-corrected chi connectivity index (χ3v) is 8.67. The molecule has 1 aromatic carbocycles. The molecule has 0 saturated carbocycles. The predicted molar refractivity (Wildman–Crippen MR) is 95.5 cm³/mol. The maximum atomic E-state index is 12.0. The van der Waals surface area contributed by atoms with Crippen molar-refractivity contribution < 1.29 is 21.6 Å². The average molecular weight is 393 g/mol. The van der Waals surface area contributed by atoms with Crippen LogP contribution in [0.3, 0.4) is 0 Å². The van der Waals surface area contributed by atoms with Crippen LogP contribution in [-0.2, 0) is 24.7 Å². The Kier molecular flexibility index (Phi) is 5.95. The zero-order valence-corrected chi connectivity index (χ0v) is 15.9. The standard InChI is InChI=1S/C14H20N2O5S3/c1-16(2)24(20,21)13-5-3-11(4-6-13)15-14(17)9-22-12-7-8-23(18,19)10-12/h3-6,12H,7-10H2,1-2H3,(H,15,17)/t12-/m1/s1. The minimum Gasteiger partial charge on any atom is -0.325 e. The van der Waals surface area contributed by atoms with Crippen LogP contribution in [0.15, 0.2) is 29.2 Å². The van der Waals surface area contributed by atoms with Crippen molar-refractivity contribution in [2.45, 2.75) is 16.6 Å².